The van der Waals surface area contributed by atoms with Crippen molar-refractivity contribution in [2.24, 2.45) is 0 Å². The molecule has 0 spiro atoms. The molecule has 1 N–H and O–H groups in total. The molecule has 112 valence electrons. The van der Waals surface area contributed by atoms with E-state index in [4.69, 9.17) is 8.83 Å². The van der Waals surface area contributed by atoms with Crippen LogP contribution in [0, 0.1) is 0 Å². The van der Waals surface area contributed by atoms with Crippen LogP contribution in [-0.2, 0) is 9.59 Å². The lowest BCUT2D eigenvalue weighted by Crippen LogP contribution is -2.36. The van der Waals surface area contributed by atoms with Crippen LogP contribution in [0.3, 0.4) is 0 Å². The Hall–Kier alpha value is -2.29. The van der Waals surface area contributed by atoms with Crippen molar-refractivity contribution in [3.05, 3.63) is 18.4 Å². The Labute approximate surface area is 124 Å². The van der Waals surface area contributed by atoms with Gasteiger partial charge in [0, 0.05) is 14.1 Å². The van der Waals surface area contributed by atoms with Crippen molar-refractivity contribution in [3.8, 4) is 11.7 Å². The van der Waals surface area contributed by atoms with E-state index < -0.39 is 0 Å². The summed E-state index contributed by atoms with van der Waals surface area (Å²) >= 11 is 1.09. The molecule has 0 aromatic carbocycles. The van der Waals surface area contributed by atoms with Crippen molar-refractivity contribution in [1.82, 2.24) is 20.4 Å². The van der Waals surface area contributed by atoms with E-state index in [1.54, 1.807) is 26.2 Å². The molecule has 21 heavy (non-hydrogen) atoms. The normalized spacial score (nSPS) is 10.4. The van der Waals surface area contributed by atoms with E-state index in [1.807, 2.05) is 0 Å². The lowest BCUT2D eigenvalue weighted by atomic mass is 10.5. The van der Waals surface area contributed by atoms with Gasteiger partial charge in [-0.1, -0.05) is 11.8 Å². The lowest BCUT2D eigenvalue weighted by Gasteiger charge is -2.10. The van der Waals surface area contributed by atoms with E-state index in [-0.39, 0.29) is 35.2 Å². The van der Waals surface area contributed by atoms with Crippen molar-refractivity contribution in [2.45, 2.75) is 5.22 Å². The highest BCUT2D eigenvalue weighted by atomic mass is 32.2. The third kappa shape index (κ3) is 4.35. The zero-order chi connectivity index (χ0) is 15.2. The highest BCUT2D eigenvalue weighted by Gasteiger charge is 2.13. The molecule has 8 nitrogen and oxygen atoms in total. The number of aromatic nitrogens is 2. The van der Waals surface area contributed by atoms with Gasteiger partial charge in [0.2, 0.25) is 11.8 Å². The second-order valence-corrected chi connectivity index (χ2v) is 5.13. The van der Waals surface area contributed by atoms with E-state index in [0.29, 0.717) is 5.76 Å². The van der Waals surface area contributed by atoms with E-state index in [0.717, 1.165) is 11.8 Å². The van der Waals surface area contributed by atoms with Gasteiger partial charge >= 0.3 is 0 Å². The van der Waals surface area contributed by atoms with E-state index in [2.05, 4.69) is 15.5 Å². The lowest BCUT2D eigenvalue weighted by molar-refractivity contribution is -0.130. The molecule has 0 aliphatic carbocycles. The summed E-state index contributed by atoms with van der Waals surface area (Å²) < 4.78 is 10.5. The van der Waals surface area contributed by atoms with E-state index >= 15 is 0 Å². The van der Waals surface area contributed by atoms with Crippen molar-refractivity contribution in [1.29, 1.82) is 0 Å². The van der Waals surface area contributed by atoms with Crippen molar-refractivity contribution >= 4 is 23.6 Å². The average Bonchev–Trinajstić information content (AvgIpc) is 3.12. The van der Waals surface area contributed by atoms with Crippen LogP contribution < -0.4 is 5.32 Å². The molecule has 0 fully saturated rings. The highest BCUT2D eigenvalue weighted by molar-refractivity contribution is 7.99. The molecule has 0 saturated heterocycles. The van der Waals surface area contributed by atoms with Gasteiger partial charge in [-0.05, 0) is 12.1 Å². The average molecular weight is 310 g/mol. The number of hydrogen-bond donors (Lipinski definition) is 1. The van der Waals surface area contributed by atoms with Gasteiger partial charge < -0.3 is 19.1 Å². The molecule has 0 bridgehead atoms. The van der Waals surface area contributed by atoms with Crippen LogP contribution in [0.1, 0.15) is 0 Å². The monoisotopic (exact) mass is 310 g/mol. The number of thioether (sulfide) groups is 1. The standard InChI is InChI=1S/C12H14N4O4S/c1-16(2)10(18)6-13-9(17)7-21-12-15-14-11(20-12)8-4-3-5-19-8/h3-5H,6-7H2,1-2H3,(H,13,17). The summed E-state index contributed by atoms with van der Waals surface area (Å²) in [6.07, 6.45) is 1.50. The number of amides is 2. The van der Waals surface area contributed by atoms with Crippen molar-refractivity contribution in [2.75, 3.05) is 26.4 Å². The summed E-state index contributed by atoms with van der Waals surface area (Å²) in [7, 11) is 3.25. The number of carbonyl (C=O) groups is 2. The third-order valence-electron chi connectivity index (χ3n) is 2.40. The first-order chi connectivity index (χ1) is 10.1. The van der Waals surface area contributed by atoms with Crippen LogP contribution in [0.4, 0.5) is 0 Å². The molecule has 0 radical (unpaired) electrons. The molecule has 2 heterocycles. The molecule has 2 aromatic rings. The Balaban J connectivity index is 1.78. The number of carbonyl (C=O) groups excluding carboxylic acids is 2. The Morgan fingerprint density at radius 1 is 1.38 bits per heavy atom. The predicted molar refractivity (Wildman–Crippen MR) is 74.4 cm³/mol. The zero-order valence-electron chi connectivity index (χ0n) is 11.5. The fraction of sp³-hybridized carbons (Fsp3) is 0.333. The van der Waals surface area contributed by atoms with Gasteiger partial charge in [0.1, 0.15) is 0 Å². The van der Waals surface area contributed by atoms with Crippen LogP contribution in [0.5, 0.6) is 0 Å². The van der Waals surface area contributed by atoms with E-state index in [9.17, 15) is 9.59 Å². The second-order valence-electron chi connectivity index (χ2n) is 4.20. The highest BCUT2D eigenvalue weighted by Crippen LogP contribution is 2.22. The Kier molecular flexibility index (Phi) is 4.99. The minimum absolute atomic E-state index is 0.0339. The number of nitrogens with zero attached hydrogens (tertiary/aromatic N) is 3. The van der Waals surface area contributed by atoms with Gasteiger partial charge in [-0.15, -0.1) is 10.2 Å². The maximum atomic E-state index is 11.6. The molecule has 2 amide bonds. The summed E-state index contributed by atoms with van der Waals surface area (Å²) in [5, 5.41) is 10.4. The van der Waals surface area contributed by atoms with Gasteiger partial charge in [-0.25, -0.2) is 0 Å². The van der Waals surface area contributed by atoms with Crippen molar-refractivity contribution < 1.29 is 18.4 Å². The Morgan fingerprint density at radius 2 is 2.19 bits per heavy atom. The number of furan rings is 1. The van der Waals surface area contributed by atoms with Crippen LogP contribution >= 0.6 is 11.8 Å². The molecule has 0 aliphatic heterocycles. The van der Waals surface area contributed by atoms with Gasteiger partial charge in [0.15, 0.2) is 5.76 Å². The molecule has 2 aromatic heterocycles. The van der Waals surface area contributed by atoms with Crippen LogP contribution in [0.15, 0.2) is 32.5 Å². The molecule has 2 rings (SSSR count). The molecule has 0 saturated carbocycles. The number of nitrogens with one attached hydrogen (secondary N) is 1. The maximum absolute atomic E-state index is 11.6. The number of rotatable bonds is 6. The Bertz CT molecular complexity index is 609. The first-order valence-electron chi connectivity index (χ1n) is 6.03. The largest absolute Gasteiger partial charge is 0.459 e. The first kappa shape index (κ1) is 15.1. The minimum Gasteiger partial charge on any atom is -0.459 e. The summed E-state index contributed by atoms with van der Waals surface area (Å²) in [5.74, 6) is 0.348. The topological polar surface area (TPSA) is 101 Å². The zero-order valence-corrected chi connectivity index (χ0v) is 12.3. The SMILES string of the molecule is CN(C)C(=O)CNC(=O)CSc1nnc(-c2ccco2)o1. The fourth-order valence-corrected chi connectivity index (χ4v) is 1.87. The molecule has 0 aliphatic rings. The quantitative estimate of drug-likeness (QED) is 0.781. The molecule has 0 unspecified atom stereocenters. The van der Waals surface area contributed by atoms with E-state index in [1.165, 1.54) is 11.2 Å². The Morgan fingerprint density at radius 3 is 2.86 bits per heavy atom. The van der Waals surface area contributed by atoms with Gasteiger partial charge in [-0.3, -0.25) is 9.59 Å². The summed E-state index contributed by atoms with van der Waals surface area (Å²) in [5.41, 5.74) is 0. The molecule has 0 atom stereocenters. The van der Waals surface area contributed by atoms with Crippen LogP contribution in [0.25, 0.3) is 11.7 Å². The minimum atomic E-state index is -0.284. The van der Waals surface area contributed by atoms with Crippen molar-refractivity contribution in [3.63, 3.8) is 0 Å². The maximum Gasteiger partial charge on any atom is 0.284 e. The predicted octanol–water partition coefficient (Wildman–Crippen LogP) is 0.626. The molecular formula is C12H14N4O4S. The summed E-state index contributed by atoms with van der Waals surface area (Å²) in [4.78, 5) is 24.3. The first-order valence-corrected chi connectivity index (χ1v) is 7.02. The van der Waals surface area contributed by atoms with Crippen LogP contribution in [0.2, 0.25) is 0 Å². The van der Waals surface area contributed by atoms with Gasteiger partial charge in [0.25, 0.3) is 11.1 Å². The van der Waals surface area contributed by atoms with Crippen LogP contribution in [-0.4, -0.2) is 53.3 Å². The third-order valence-corrected chi connectivity index (χ3v) is 3.22. The fourth-order valence-electron chi connectivity index (χ4n) is 1.28. The number of hydrogen-bond acceptors (Lipinski definition) is 7. The second kappa shape index (κ2) is 6.93. The molecular weight excluding hydrogens is 296 g/mol. The van der Waals surface area contributed by atoms with Gasteiger partial charge in [-0.2, -0.15) is 0 Å². The van der Waals surface area contributed by atoms with Gasteiger partial charge in [0.05, 0.1) is 18.6 Å². The number of likely N-dealkylation sites (N-methyl/N-ethyl adjacent to an activating group) is 1. The molecule has 9 heteroatoms. The summed E-state index contributed by atoms with van der Waals surface area (Å²) in [6, 6.07) is 3.41. The summed E-state index contributed by atoms with van der Waals surface area (Å²) in [6.45, 7) is -0.0339. The smallest absolute Gasteiger partial charge is 0.284 e.